The van der Waals surface area contributed by atoms with E-state index in [1.807, 2.05) is 0 Å². The Balaban J connectivity index is 3.94. The Kier molecular flexibility index (Phi) is 78.6. The monoisotopic (exact) mass is 1410 g/mol. The second-order valence-electron chi connectivity index (χ2n) is 25.8. The molecule has 0 aliphatic carbocycles. The van der Waals surface area contributed by atoms with Crippen LogP contribution in [0, 0.1) is 0 Å². The van der Waals surface area contributed by atoms with Crippen molar-refractivity contribution in [2.24, 2.45) is 5.73 Å². The molecule has 101 heavy (non-hydrogen) atoms. The van der Waals surface area contributed by atoms with Gasteiger partial charge in [-0.2, -0.15) is 0 Å². The second kappa shape index (κ2) is 83.3. The summed E-state index contributed by atoms with van der Waals surface area (Å²) in [4.78, 5) is 35.4. The molecule has 0 aromatic carbocycles. The first-order valence-corrected chi connectivity index (χ1v) is 41.7. The molecule has 2 unspecified atom stereocenters. The fourth-order valence-electron chi connectivity index (χ4n) is 10.5. The number of phosphoric acid groups is 1. The van der Waals surface area contributed by atoms with Crippen LogP contribution in [0.3, 0.4) is 0 Å². The number of nitrogens with two attached hydrogens (primary N) is 1. The average molecular weight is 1410 g/mol. The van der Waals surface area contributed by atoms with Gasteiger partial charge in [-0.15, -0.1) is 0 Å². The summed E-state index contributed by atoms with van der Waals surface area (Å²) in [6.07, 6.45) is 129. The minimum atomic E-state index is -4.42. The number of rotatable bonds is 73. The molecular formula is C91H146NO8P. The number of esters is 2. The third-order valence-electron chi connectivity index (χ3n) is 16.4. The van der Waals surface area contributed by atoms with E-state index in [0.717, 1.165) is 148 Å². The lowest BCUT2D eigenvalue weighted by Crippen LogP contribution is -2.29. The molecule has 0 aromatic rings. The molecular weight excluding hydrogens is 1270 g/mol. The van der Waals surface area contributed by atoms with Crippen molar-refractivity contribution in [1.29, 1.82) is 0 Å². The summed E-state index contributed by atoms with van der Waals surface area (Å²) in [5.41, 5.74) is 5.41. The predicted molar refractivity (Wildman–Crippen MR) is 440 cm³/mol. The van der Waals surface area contributed by atoms with Gasteiger partial charge in [-0.1, -0.05) is 361 Å². The largest absolute Gasteiger partial charge is 0.472 e. The lowest BCUT2D eigenvalue weighted by Gasteiger charge is -2.19. The van der Waals surface area contributed by atoms with Crippen molar-refractivity contribution >= 4 is 19.8 Å². The van der Waals surface area contributed by atoms with Crippen LogP contribution in [0.25, 0.3) is 0 Å². The Hall–Kier alpha value is -5.67. The van der Waals surface area contributed by atoms with Crippen molar-refractivity contribution < 1.29 is 37.6 Å². The lowest BCUT2D eigenvalue weighted by atomic mass is 10.0. The van der Waals surface area contributed by atoms with Crippen LogP contribution in [0.4, 0.5) is 0 Å². The maximum absolute atomic E-state index is 12.8. The second-order valence-corrected chi connectivity index (χ2v) is 27.3. The van der Waals surface area contributed by atoms with Gasteiger partial charge in [-0.3, -0.25) is 18.6 Å². The van der Waals surface area contributed by atoms with Gasteiger partial charge < -0.3 is 20.1 Å². The number of hydrogen-bond acceptors (Lipinski definition) is 8. The predicted octanol–water partition coefficient (Wildman–Crippen LogP) is 27.5. The van der Waals surface area contributed by atoms with Gasteiger partial charge in [-0.05, 0) is 154 Å². The fraction of sp³-hybridized carbons (Fsp3) is 0.582. The van der Waals surface area contributed by atoms with E-state index < -0.39 is 32.5 Å². The van der Waals surface area contributed by atoms with Gasteiger partial charge in [0.05, 0.1) is 13.2 Å². The molecule has 0 aliphatic heterocycles. The first-order valence-electron chi connectivity index (χ1n) is 40.2. The molecule has 0 fully saturated rings. The van der Waals surface area contributed by atoms with E-state index in [2.05, 4.69) is 233 Å². The number of hydrogen-bond donors (Lipinski definition) is 2. The lowest BCUT2D eigenvalue weighted by molar-refractivity contribution is -0.161. The molecule has 0 bridgehead atoms. The Labute approximate surface area is 620 Å². The highest BCUT2D eigenvalue weighted by molar-refractivity contribution is 7.47. The highest BCUT2D eigenvalue weighted by Crippen LogP contribution is 2.43. The Morgan fingerprint density at radius 1 is 0.297 bits per heavy atom. The van der Waals surface area contributed by atoms with Crippen LogP contribution < -0.4 is 5.73 Å². The number of ether oxygens (including phenoxy) is 2. The van der Waals surface area contributed by atoms with Gasteiger partial charge in [0.25, 0.3) is 0 Å². The van der Waals surface area contributed by atoms with Crippen LogP contribution in [0.5, 0.6) is 0 Å². The average Bonchev–Trinajstić information content (AvgIpc) is 1.01. The van der Waals surface area contributed by atoms with Crippen LogP contribution in [0.1, 0.15) is 309 Å². The van der Waals surface area contributed by atoms with Crippen LogP contribution in [-0.2, 0) is 32.7 Å². The fourth-order valence-corrected chi connectivity index (χ4v) is 11.3. The third kappa shape index (κ3) is 83.2. The molecule has 9 nitrogen and oxygen atoms in total. The number of allylic oxidation sites excluding steroid dienone is 36. The van der Waals surface area contributed by atoms with Gasteiger partial charge in [0.1, 0.15) is 6.61 Å². The SMILES string of the molecule is CC/C=C\C/C=C\C/C=C\C/C=C\C/C=C\C/C=C\C/C=C\C/C=C\C/C=C\C/C=C\C/C=C\C/C=C\CCCCC(=O)OC(COC(=O)CCCCCCCCCCCCCCCCCCCCCCCC/C=C\C/C=C\C/C=C\C/C=C\C/C=C\C/C=C\CC)COP(=O)(O)OCCN. The summed E-state index contributed by atoms with van der Waals surface area (Å²) in [5, 5.41) is 0. The molecule has 0 saturated heterocycles. The van der Waals surface area contributed by atoms with Crippen LogP contribution in [0.15, 0.2) is 219 Å². The topological polar surface area (TPSA) is 134 Å². The van der Waals surface area contributed by atoms with Gasteiger partial charge in [0, 0.05) is 19.4 Å². The van der Waals surface area contributed by atoms with E-state index in [-0.39, 0.29) is 32.6 Å². The summed E-state index contributed by atoms with van der Waals surface area (Å²) in [6.45, 7) is 3.46. The maximum Gasteiger partial charge on any atom is 0.472 e. The van der Waals surface area contributed by atoms with E-state index in [0.29, 0.717) is 6.42 Å². The van der Waals surface area contributed by atoms with E-state index in [9.17, 15) is 19.0 Å². The Morgan fingerprint density at radius 2 is 0.515 bits per heavy atom. The number of carbonyl (C=O) groups excluding carboxylic acids is 2. The quantitative estimate of drug-likeness (QED) is 0.0264. The summed E-state index contributed by atoms with van der Waals surface area (Å²) < 4.78 is 33.2. The van der Waals surface area contributed by atoms with Crippen LogP contribution in [-0.4, -0.2) is 49.3 Å². The highest BCUT2D eigenvalue weighted by atomic mass is 31.2. The summed E-state index contributed by atoms with van der Waals surface area (Å²) in [5.74, 6) is -0.884. The van der Waals surface area contributed by atoms with Crippen molar-refractivity contribution in [3.8, 4) is 0 Å². The number of phosphoric ester groups is 1. The van der Waals surface area contributed by atoms with Gasteiger partial charge >= 0.3 is 19.8 Å². The van der Waals surface area contributed by atoms with E-state index >= 15 is 0 Å². The molecule has 2 atom stereocenters. The third-order valence-corrected chi connectivity index (χ3v) is 17.3. The Morgan fingerprint density at radius 3 is 0.782 bits per heavy atom. The zero-order valence-corrected chi connectivity index (χ0v) is 64.9. The first-order chi connectivity index (χ1) is 49.8. The summed E-state index contributed by atoms with van der Waals surface area (Å²) in [6, 6.07) is 0. The minimum absolute atomic E-state index is 0.0369. The standard InChI is InChI=1S/C91H146NO8P/c1-3-5-7-9-11-13-15-17-19-21-23-25-27-29-31-33-35-37-39-41-43-44-46-47-49-51-53-55-57-59-61-63-65-67-69-71-73-75-77-79-81-83-90(93)97-87-89(88-99-101(95,96)98-86-85-92)100-91(94)84-82-80-78-76-74-72-70-68-66-64-62-60-58-56-54-52-50-48-45-42-40-38-36-34-32-30-28-26-24-22-20-18-16-14-12-10-8-6-4-2/h5-8,11-14,17-20,23-26,29-32,35-38,42,45,50,52,56,58,62,64,68,70,74,76,89H,3-4,9-10,15-16,21-22,27-28,33-34,39-41,43-44,46-49,51,53-55,57,59-61,63,65-67,69,71-73,75,77-88,92H2,1-2H3,(H,95,96)/b7-5-,8-6-,13-11-,14-12-,19-17-,20-18-,25-23-,26-24-,31-29-,32-30-,37-35-,38-36-,45-42-,52-50-,58-56-,64-62-,70-68-,76-74-. The normalized spacial score (nSPS) is 14.1. The molecule has 0 rings (SSSR count). The summed E-state index contributed by atoms with van der Waals surface area (Å²) in [7, 11) is -4.42. The van der Waals surface area contributed by atoms with E-state index in [4.69, 9.17) is 24.3 Å². The van der Waals surface area contributed by atoms with Crippen molar-refractivity contribution in [2.45, 2.75) is 315 Å². The molecule has 0 heterocycles. The van der Waals surface area contributed by atoms with Crippen molar-refractivity contribution in [3.63, 3.8) is 0 Å². The van der Waals surface area contributed by atoms with Crippen molar-refractivity contribution in [1.82, 2.24) is 0 Å². The number of unbranched alkanes of at least 4 members (excludes halogenated alkanes) is 24. The van der Waals surface area contributed by atoms with Crippen LogP contribution >= 0.6 is 7.82 Å². The molecule has 0 aliphatic rings. The van der Waals surface area contributed by atoms with Gasteiger partial charge in [-0.25, -0.2) is 4.57 Å². The molecule has 568 valence electrons. The highest BCUT2D eigenvalue weighted by Gasteiger charge is 2.26. The molecule has 3 N–H and O–H groups in total. The van der Waals surface area contributed by atoms with Crippen LogP contribution in [0.2, 0.25) is 0 Å². The zero-order valence-electron chi connectivity index (χ0n) is 64.0. The summed E-state index contributed by atoms with van der Waals surface area (Å²) >= 11 is 0. The maximum atomic E-state index is 12.8. The molecule has 0 aromatic heterocycles. The molecule has 0 spiro atoms. The Bertz CT molecular complexity index is 2470. The van der Waals surface area contributed by atoms with E-state index in [1.54, 1.807) is 0 Å². The molecule has 0 radical (unpaired) electrons. The zero-order chi connectivity index (χ0) is 72.9. The molecule has 0 saturated carbocycles. The van der Waals surface area contributed by atoms with Crippen molar-refractivity contribution in [2.75, 3.05) is 26.4 Å². The van der Waals surface area contributed by atoms with Gasteiger partial charge in [0.2, 0.25) is 0 Å². The van der Waals surface area contributed by atoms with Gasteiger partial charge in [0.15, 0.2) is 6.10 Å². The first kappa shape index (κ1) is 95.3. The minimum Gasteiger partial charge on any atom is -0.462 e. The molecule has 10 heteroatoms. The van der Waals surface area contributed by atoms with Crippen molar-refractivity contribution in [3.05, 3.63) is 219 Å². The smallest absolute Gasteiger partial charge is 0.462 e. The number of carbonyl (C=O) groups is 2. The molecule has 0 amide bonds. The van der Waals surface area contributed by atoms with E-state index in [1.165, 1.54) is 128 Å².